The summed E-state index contributed by atoms with van der Waals surface area (Å²) in [6.45, 7) is 1.90. The summed E-state index contributed by atoms with van der Waals surface area (Å²) in [7, 11) is -1.83. The molecule has 0 bridgehead atoms. The molecule has 150 valence electrons. The molecule has 0 aliphatic heterocycles. The Labute approximate surface area is 156 Å². The molecule has 1 aromatic carbocycles. The highest BCUT2D eigenvalue weighted by Crippen LogP contribution is 2.17. The van der Waals surface area contributed by atoms with Gasteiger partial charge in [-0.05, 0) is 32.0 Å². The van der Waals surface area contributed by atoms with Gasteiger partial charge in [0.1, 0.15) is 18.9 Å². The van der Waals surface area contributed by atoms with Gasteiger partial charge in [-0.15, -0.1) is 0 Å². The molecule has 27 heavy (non-hydrogen) atoms. The molecule has 0 aliphatic carbocycles. The van der Waals surface area contributed by atoms with Crippen molar-refractivity contribution in [2.24, 2.45) is 0 Å². The van der Waals surface area contributed by atoms with E-state index in [2.05, 4.69) is 14.2 Å². The lowest BCUT2D eigenvalue weighted by molar-refractivity contribution is -0.144. The molecule has 0 aromatic heterocycles. The minimum absolute atomic E-state index is 0.336. The Balaban J connectivity index is 3.30. The molecule has 0 spiro atoms. The maximum Gasteiger partial charge on any atom is 0.325 e. The summed E-state index contributed by atoms with van der Waals surface area (Å²) in [5.41, 5.74) is -0.616. The molecule has 1 rings (SSSR count). The van der Waals surface area contributed by atoms with Gasteiger partial charge in [0, 0.05) is 6.04 Å². The average molecular weight is 404 g/mol. The number of amides is 1. The van der Waals surface area contributed by atoms with Crippen LogP contribution in [0.15, 0.2) is 23.1 Å². The summed E-state index contributed by atoms with van der Waals surface area (Å²) in [5.74, 6) is -3.77. The fraction of sp³-hybridized carbons (Fsp3) is 0.438. The number of methoxy groups -OCH3 is 2. The van der Waals surface area contributed by atoms with E-state index in [0.717, 1.165) is 32.4 Å². The molecule has 9 nitrogen and oxygen atoms in total. The van der Waals surface area contributed by atoms with Gasteiger partial charge in [0.2, 0.25) is 10.0 Å². The van der Waals surface area contributed by atoms with Crippen molar-refractivity contribution in [3.05, 3.63) is 29.6 Å². The SMILES string of the molecule is COC(=O)CN(CC(=O)OC)C(=O)c1cc(S(=O)(=O)NC(C)C)ccc1F. The molecule has 0 heterocycles. The Kier molecular flexibility index (Phi) is 7.85. The lowest BCUT2D eigenvalue weighted by Gasteiger charge is -2.21. The zero-order valence-corrected chi connectivity index (χ0v) is 16.1. The number of nitrogens with zero attached hydrogens (tertiary/aromatic N) is 1. The molecule has 1 amide bonds. The maximum atomic E-state index is 14.2. The molecule has 0 fully saturated rings. The van der Waals surface area contributed by atoms with Crippen LogP contribution in [0, 0.1) is 5.82 Å². The second-order valence-electron chi connectivity index (χ2n) is 5.73. The number of esters is 2. The van der Waals surface area contributed by atoms with Crippen LogP contribution in [0.25, 0.3) is 0 Å². The first-order chi connectivity index (χ1) is 12.5. The van der Waals surface area contributed by atoms with Crippen molar-refractivity contribution in [1.29, 1.82) is 0 Å². The van der Waals surface area contributed by atoms with Gasteiger partial charge in [-0.3, -0.25) is 14.4 Å². The van der Waals surface area contributed by atoms with Gasteiger partial charge in [-0.25, -0.2) is 17.5 Å². The third-order valence-electron chi connectivity index (χ3n) is 3.25. The Morgan fingerprint density at radius 1 is 1.11 bits per heavy atom. The van der Waals surface area contributed by atoms with E-state index in [1.165, 1.54) is 0 Å². The number of benzene rings is 1. The number of rotatable bonds is 8. The normalized spacial score (nSPS) is 11.2. The number of ether oxygens (including phenoxy) is 2. The number of carbonyl (C=O) groups is 3. The highest BCUT2D eigenvalue weighted by Gasteiger charge is 2.26. The van der Waals surface area contributed by atoms with Crippen molar-refractivity contribution in [1.82, 2.24) is 9.62 Å². The standard InChI is InChI=1S/C16H21FN2O7S/c1-10(2)18-27(23,24)11-5-6-13(17)12(7-11)16(22)19(8-14(20)25-3)9-15(21)26-4/h5-7,10,18H,8-9H2,1-4H3. The predicted molar refractivity (Wildman–Crippen MR) is 91.8 cm³/mol. The molecule has 0 atom stereocenters. The first-order valence-electron chi connectivity index (χ1n) is 7.76. The van der Waals surface area contributed by atoms with Gasteiger partial charge < -0.3 is 14.4 Å². The van der Waals surface area contributed by atoms with Crippen LogP contribution in [-0.4, -0.2) is 64.5 Å². The van der Waals surface area contributed by atoms with Crippen LogP contribution in [0.4, 0.5) is 4.39 Å². The van der Waals surface area contributed by atoms with E-state index in [1.807, 2.05) is 0 Å². The quantitative estimate of drug-likeness (QED) is 0.619. The molecule has 0 radical (unpaired) electrons. The fourth-order valence-corrected chi connectivity index (χ4v) is 3.30. The summed E-state index contributed by atoms with van der Waals surface area (Å²) in [6.07, 6.45) is 0. The molecular weight excluding hydrogens is 383 g/mol. The van der Waals surface area contributed by atoms with Gasteiger partial charge in [0.25, 0.3) is 5.91 Å². The van der Waals surface area contributed by atoms with Crippen molar-refractivity contribution < 1.29 is 36.7 Å². The third kappa shape index (κ3) is 6.29. The number of sulfonamides is 1. The van der Waals surface area contributed by atoms with Crippen molar-refractivity contribution >= 4 is 27.9 Å². The topological polar surface area (TPSA) is 119 Å². The minimum atomic E-state index is -3.98. The van der Waals surface area contributed by atoms with E-state index in [-0.39, 0.29) is 4.90 Å². The Morgan fingerprint density at radius 2 is 1.63 bits per heavy atom. The van der Waals surface area contributed by atoms with Crippen LogP contribution >= 0.6 is 0 Å². The first kappa shape index (κ1) is 22.5. The summed E-state index contributed by atoms with van der Waals surface area (Å²) >= 11 is 0. The van der Waals surface area contributed by atoms with Crippen LogP contribution in [0.1, 0.15) is 24.2 Å². The van der Waals surface area contributed by atoms with E-state index in [4.69, 9.17) is 0 Å². The van der Waals surface area contributed by atoms with Crippen molar-refractivity contribution in [3.63, 3.8) is 0 Å². The van der Waals surface area contributed by atoms with Gasteiger partial charge >= 0.3 is 11.9 Å². The highest BCUT2D eigenvalue weighted by molar-refractivity contribution is 7.89. The van der Waals surface area contributed by atoms with E-state index in [0.29, 0.717) is 4.90 Å². The van der Waals surface area contributed by atoms with Crippen molar-refractivity contribution in [3.8, 4) is 0 Å². The maximum absolute atomic E-state index is 14.2. The highest BCUT2D eigenvalue weighted by atomic mass is 32.2. The van der Waals surface area contributed by atoms with Gasteiger partial charge in [0.15, 0.2) is 0 Å². The molecule has 1 N–H and O–H groups in total. The lowest BCUT2D eigenvalue weighted by atomic mass is 10.2. The summed E-state index contributed by atoms with van der Waals surface area (Å²) < 4.78 is 49.9. The second-order valence-corrected chi connectivity index (χ2v) is 7.45. The number of hydrogen-bond donors (Lipinski definition) is 1. The Morgan fingerprint density at radius 3 is 2.07 bits per heavy atom. The van der Waals surface area contributed by atoms with Crippen LogP contribution in [0.3, 0.4) is 0 Å². The van der Waals surface area contributed by atoms with Crippen LogP contribution in [0.5, 0.6) is 0 Å². The van der Waals surface area contributed by atoms with Crippen LogP contribution < -0.4 is 4.72 Å². The number of carbonyl (C=O) groups excluding carboxylic acids is 3. The molecule has 0 saturated heterocycles. The summed E-state index contributed by atoms with van der Waals surface area (Å²) in [6, 6.07) is 2.23. The number of hydrogen-bond acceptors (Lipinski definition) is 7. The third-order valence-corrected chi connectivity index (χ3v) is 4.91. The zero-order valence-electron chi connectivity index (χ0n) is 15.3. The lowest BCUT2D eigenvalue weighted by Crippen LogP contribution is -2.40. The monoisotopic (exact) mass is 404 g/mol. The molecule has 0 unspecified atom stereocenters. The number of halogens is 1. The van der Waals surface area contributed by atoms with Crippen molar-refractivity contribution in [2.75, 3.05) is 27.3 Å². The van der Waals surface area contributed by atoms with Crippen LogP contribution in [0.2, 0.25) is 0 Å². The molecule has 11 heteroatoms. The number of nitrogens with one attached hydrogen (secondary N) is 1. The van der Waals surface area contributed by atoms with Crippen LogP contribution in [-0.2, 0) is 29.1 Å². The molecule has 0 aliphatic rings. The first-order valence-corrected chi connectivity index (χ1v) is 9.25. The Hall–Kier alpha value is -2.53. The molecule has 0 saturated carbocycles. The molecule has 1 aromatic rings. The van der Waals surface area contributed by atoms with Gasteiger partial charge in [-0.1, -0.05) is 0 Å². The summed E-state index contributed by atoms with van der Waals surface area (Å²) in [5, 5.41) is 0. The smallest absolute Gasteiger partial charge is 0.325 e. The van der Waals surface area contributed by atoms with Gasteiger partial charge in [0.05, 0.1) is 24.7 Å². The average Bonchev–Trinajstić information content (AvgIpc) is 2.59. The van der Waals surface area contributed by atoms with E-state index < -0.39 is 58.4 Å². The van der Waals surface area contributed by atoms with E-state index in [9.17, 15) is 27.2 Å². The molecular formula is C16H21FN2O7S. The minimum Gasteiger partial charge on any atom is -0.468 e. The van der Waals surface area contributed by atoms with E-state index >= 15 is 0 Å². The van der Waals surface area contributed by atoms with E-state index in [1.54, 1.807) is 13.8 Å². The largest absolute Gasteiger partial charge is 0.468 e. The fourth-order valence-electron chi connectivity index (χ4n) is 2.02. The van der Waals surface area contributed by atoms with Crippen molar-refractivity contribution in [2.45, 2.75) is 24.8 Å². The summed E-state index contributed by atoms with van der Waals surface area (Å²) in [4.78, 5) is 36.0. The zero-order chi connectivity index (χ0) is 20.8. The second kappa shape index (κ2) is 9.42. The van der Waals surface area contributed by atoms with Gasteiger partial charge in [-0.2, -0.15) is 0 Å². The Bertz CT molecular complexity index is 806. The predicted octanol–water partition coefficient (Wildman–Crippen LogP) is 0.301.